The van der Waals surface area contributed by atoms with Crippen LogP contribution in [-0.4, -0.2) is 16.8 Å². The van der Waals surface area contributed by atoms with Gasteiger partial charge in [0.2, 0.25) is 0 Å². The quantitative estimate of drug-likeness (QED) is 0.648. The first-order chi connectivity index (χ1) is 13.6. The second-order valence-electron chi connectivity index (χ2n) is 6.15. The molecular formula is C22H20ClN3O2. The Morgan fingerprint density at radius 3 is 2.21 bits per heavy atom. The Bertz CT molecular complexity index is 1000. The van der Waals surface area contributed by atoms with E-state index in [1.165, 1.54) is 0 Å². The smallest absolute Gasteiger partial charge is 0.274 e. The van der Waals surface area contributed by atoms with Crippen LogP contribution >= 0.6 is 11.6 Å². The molecule has 0 saturated carbocycles. The fraction of sp³-hybridized carbons (Fsp3) is 0.136. The fourth-order valence-corrected chi connectivity index (χ4v) is 2.93. The molecule has 1 heterocycles. The van der Waals surface area contributed by atoms with Crippen molar-refractivity contribution in [2.75, 3.05) is 5.32 Å². The molecular weight excluding hydrogens is 374 g/mol. The molecule has 5 nitrogen and oxygen atoms in total. The summed E-state index contributed by atoms with van der Waals surface area (Å²) in [5.41, 5.74) is 2.93. The number of aromatic nitrogens is 1. The highest BCUT2D eigenvalue weighted by Gasteiger charge is 2.14. The summed E-state index contributed by atoms with van der Waals surface area (Å²) in [6, 6.07) is 19.7. The third-order valence-corrected chi connectivity index (χ3v) is 4.63. The van der Waals surface area contributed by atoms with Gasteiger partial charge in [0, 0.05) is 17.3 Å². The number of carbonyl (C=O) groups is 2. The van der Waals surface area contributed by atoms with Crippen molar-refractivity contribution < 1.29 is 9.59 Å². The molecule has 0 radical (unpaired) electrons. The summed E-state index contributed by atoms with van der Waals surface area (Å²) in [6.45, 7) is 2.30. The number of nitrogens with one attached hydrogen (secondary N) is 2. The van der Waals surface area contributed by atoms with Crippen molar-refractivity contribution in [3.63, 3.8) is 0 Å². The average molecular weight is 394 g/mol. The average Bonchev–Trinajstić information content (AvgIpc) is 2.73. The lowest BCUT2D eigenvalue weighted by Gasteiger charge is -2.10. The van der Waals surface area contributed by atoms with Gasteiger partial charge >= 0.3 is 0 Å². The molecule has 0 bridgehead atoms. The zero-order chi connectivity index (χ0) is 19.9. The summed E-state index contributed by atoms with van der Waals surface area (Å²) in [6.07, 6.45) is 0.800. The minimum Gasteiger partial charge on any atom is -0.347 e. The molecule has 3 aromatic rings. The van der Waals surface area contributed by atoms with Gasteiger partial charge in [0.05, 0.1) is 0 Å². The Labute approximate surface area is 168 Å². The Morgan fingerprint density at radius 1 is 0.857 bits per heavy atom. The van der Waals surface area contributed by atoms with Gasteiger partial charge in [0.15, 0.2) is 0 Å². The van der Waals surface area contributed by atoms with Gasteiger partial charge in [-0.15, -0.1) is 0 Å². The maximum Gasteiger partial charge on any atom is 0.274 e. The summed E-state index contributed by atoms with van der Waals surface area (Å²) in [5.74, 6) is -0.731. The Hall–Kier alpha value is -3.18. The van der Waals surface area contributed by atoms with E-state index in [1.54, 1.807) is 24.3 Å². The van der Waals surface area contributed by atoms with Gasteiger partial charge < -0.3 is 10.6 Å². The van der Waals surface area contributed by atoms with Crippen LogP contribution in [0.5, 0.6) is 0 Å². The van der Waals surface area contributed by atoms with Gasteiger partial charge in [-0.1, -0.05) is 61.0 Å². The molecule has 2 amide bonds. The van der Waals surface area contributed by atoms with Crippen LogP contribution in [0.25, 0.3) is 0 Å². The molecule has 2 aromatic carbocycles. The van der Waals surface area contributed by atoms with E-state index < -0.39 is 0 Å². The van der Waals surface area contributed by atoms with Gasteiger partial charge in [-0.25, -0.2) is 4.98 Å². The SMILES string of the molecule is CCc1ccccc1NC(=O)c1cccc(C(=O)NCc2ccccc2Cl)n1. The zero-order valence-electron chi connectivity index (χ0n) is 15.4. The highest BCUT2D eigenvalue weighted by molar-refractivity contribution is 6.31. The first kappa shape index (κ1) is 19.6. The minimum absolute atomic E-state index is 0.170. The largest absolute Gasteiger partial charge is 0.347 e. The number of hydrogen-bond donors (Lipinski definition) is 2. The van der Waals surface area contributed by atoms with Crippen LogP contribution in [0, 0.1) is 0 Å². The number of anilines is 1. The molecule has 0 fully saturated rings. The van der Waals surface area contributed by atoms with Crippen LogP contribution in [0.4, 0.5) is 5.69 Å². The molecule has 3 rings (SSSR count). The third-order valence-electron chi connectivity index (χ3n) is 4.26. The first-order valence-electron chi connectivity index (χ1n) is 8.96. The van der Waals surface area contributed by atoms with Crippen LogP contribution in [0.15, 0.2) is 66.7 Å². The molecule has 0 atom stereocenters. The van der Waals surface area contributed by atoms with Crippen LogP contribution < -0.4 is 10.6 Å². The molecule has 6 heteroatoms. The molecule has 0 saturated heterocycles. The van der Waals surface area contributed by atoms with E-state index in [4.69, 9.17) is 11.6 Å². The standard InChI is InChI=1S/C22H20ClN3O2/c1-2-15-8-4-6-11-18(15)26-22(28)20-13-7-12-19(25-20)21(27)24-14-16-9-3-5-10-17(16)23/h3-13H,2,14H2,1H3,(H,24,27)(H,26,28). The lowest BCUT2D eigenvalue weighted by Crippen LogP contribution is -2.25. The number of aryl methyl sites for hydroxylation is 1. The summed E-state index contributed by atoms with van der Waals surface area (Å²) in [5, 5.41) is 6.21. The number of pyridine rings is 1. The normalized spacial score (nSPS) is 10.4. The molecule has 1 aromatic heterocycles. The van der Waals surface area contributed by atoms with Gasteiger partial charge in [-0.3, -0.25) is 9.59 Å². The van der Waals surface area contributed by atoms with E-state index in [1.807, 2.05) is 49.4 Å². The molecule has 142 valence electrons. The fourth-order valence-electron chi connectivity index (χ4n) is 2.73. The molecule has 0 aliphatic rings. The van der Waals surface area contributed by atoms with Gasteiger partial charge in [-0.05, 0) is 41.8 Å². The number of nitrogens with zero attached hydrogens (tertiary/aromatic N) is 1. The highest BCUT2D eigenvalue weighted by atomic mass is 35.5. The summed E-state index contributed by atoms with van der Waals surface area (Å²) in [4.78, 5) is 29.2. The first-order valence-corrected chi connectivity index (χ1v) is 9.34. The Kier molecular flexibility index (Phi) is 6.40. The molecule has 28 heavy (non-hydrogen) atoms. The highest BCUT2D eigenvalue weighted by Crippen LogP contribution is 2.17. The van der Waals surface area contributed by atoms with Crippen molar-refractivity contribution in [2.45, 2.75) is 19.9 Å². The molecule has 2 N–H and O–H groups in total. The Morgan fingerprint density at radius 2 is 1.50 bits per heavy atom. The lowest BCUT2D eigenvalue weighted by atomic mass is 10.1. The van der Waals surface area contributed by atoms with E-state index in [2.05, 4.69) is 15.6 Å². The molecule has 0 aliphatic carbocycles. The predicted molar refractivity (Wildman–Crippen MR) is 111 cm³/mol. The van der Waals surface area contributed by atoms with Crippen LogP contribution in [-0.2, 0) is 13.0 Å². The van der Waals surface area contributed by atoms with Crippen molar-refractivity contribution in [1.82, 2.24) is 10.3 Å². The van der Waals surface area contributed by atoms with Crippen molar-refractivity contribution in [3.8, 4) is 0 Å². The Balaban J connectivity index is 1.70. The molecule has 0 spiro atoms. The predicted octanol–water partition coefficient (Wildman–Crippen LogP) is 4.48. The zero-order valence-corrected chi connectivity index (χ0v) is 16.2. The number of halogens is 1. The van der Waals surface area contributed by atoms with E-state index in [9.17, 15) is 9.59 Å². The number of hydrogen-bond acceptors (Lipinski definition) is 3. The van der Waals surface area contributed by atoms with E-state index >= 15 is 0 Å². The second kappa shape index (κ2) is 9.15. The number of amides is 2. The number of carbonyl (C=O) groups excluding carboxylic acids is 2. The van der Waals surface area contributed by atoms with E-state index in [0.717, 1.165) is 23.2 Å². The van der Waals surface area contributed by atoms with Crippen molar-refractivity contribution >= 4 is 29.1 Å². The summed E-state index contributed by atoms with van der Waals surface area (Å²) < 4.78 is 0. The topological polar surface area (TPSA) is 71.1 Å². The maximum absolute atomic E-state index is 12.6. The van der Waals surface area contributed by atoms with E-state index in [-0.39, 0.29) is 29.7 Å². The van der Waals surface area contributed by atoms with E-state index in [0.29, 0.717) is 5.02 Å². The van der Waals surface area contributed by atoms with Gasteiger partial charge in [-0.2, -0.15) is 0 Å². The maximum atomic E-state index is 12.6. The third kappa shape index (κ3) is 4.75. The van der Waals surface area contributed by atoms with Gasteiger partial charge in [0.1, 0.15) is 11.4 Å². The van der Waals surface area contributed by atoms with Crippen LogP contribution in [0.1, 0.15) is 39.0 Å². The van der Waals surface area contributed by atoms with Crippen molar-refractivity contribution in [3.05, 3.63) is 94.3 Å². The summed E-state index contributed by atoms with van der Waals surface area (Å²) in [7, 11) is 0. The lowest BCUT2D eigenvalue weighted by molar-refractivity contribution is 0.0945. The number of para-hydroxylation sites is 1. The van der Waals surface area contributed by atoms with Crippen molar-refractivity contribution in [2.24, 2.45) is 0 Å². The summed E-state index contributed by atoms with van der Waals surface area (Å²) >= 11 is 6.10. The van der Waals surface area contributed by atoms with Crippen LogP contribution in [0.2, 0.25) is 5.02 Å². The molecule has 0 aliphatic heterocycles. The second-order valence-corrected chi connectivity index (χ2v) is 6.55. The number of benzene rings is 2. The number of rotatable bonds is 6. The molecule has 0 unspecified atom stereocenters. The van der Waals surface area contributed by atoms with Crippen LogP contribution in [0.3, 0.4) is 0 Å². The monoisotopic (exact) mass is 393 g/mol. The minimum atomic E-state index is -0.372. The van der Waals surface area contributed by atoms with Gasteiger partial charge in [0.25, 0.3) is 11.8 Å². The van der Waals surface area contributed by atoms with Crippen molar-refractivity contribution in [1.29, 1.82) is 0 Å².